The minimum atomic E-state index is -0.433. The fourth-order valence-electron chi connectivity index (χ4n) is 2.73. The molecule has 1 atom stereocenters. The molecule has 2 rings (SSSR count). The van der Waals surface area contributed by atoms with Crippen LogP contribution >= 0.6 is 0 Å². The number of carbonyl (C=O) groups excluding carboxylic acids is 1. The molecule has 1 heterocycles. The Labute approximate surface area is 124 Å². The molecule has 0 radical (unpaired) electrons. The van der Waals surface area contributed by atoms with E-state index in [9.17, 15) is 14.9 Å². The second-order valence-electron chi connectivity index (χ2n) is 6.12. The van der Waals surface area contributed by atoms with E-state index >= 15 is 0 Å². The summed E-state index contributed by atoms with van der Waals surface area (Å²) < 4.78 is 0. The van der Waals surface area contributed by atoms with Crippen molar-refractivity contribution in [3.05, 3.63) is 39.9 Å². The van der Waals surface area contributed by atoms with Gasteiger partial charge >= 0.3 is 0 Å². The van der Waals surface area contributed by atoms with Crippen molar-refractivity contribution in [2.75, 3.05) is 6.54 Å². The summed E-state index contributed by atoms with van der Waals surface area (Å²) in [5, 5.41) is 16.9. The number of nitrogens with one attached hydrogen (secondary N) is 2. The molecule has 1 amide bonds. The molecule has 1 aliphatic heterocycles. The molecule has 0 bridgehead atoms. The average molecular weight is 291 g/mol. The third-order valence-electron chi connectivity index (χ3n) is 3.98. The van der Waals surface area contributed by atoms with Crippen molar-refractivity contribution in [2.45, 2.75) is 39.3 Å². The second-order valence-corrected chi connectivity index (χ2v) is 6.12. The van der Waals surface area contributed by atoms with Gasteiger partial charge in [-0.1, -0.05) is 26.0 Å². The maximum atomic E-state index is 12.3. The Hall–Kier alpha value is -1.95. The molecule has 1 unspecified atom stereocenters. The smallest absolute Gasteiger partial charge is 0.269 e. The molecule has 6 nitrogen and oxygen atoms in total. The van der Waals surface area contributed by atoms with Crippen LogP contribution in [0.15, 0.2) is 24.3 Å². The van der Waals surface area contributed by atoms with Gasteiger partial charge in [-0.15, -0.1) is 0 Å². The Morgan fingerprint density at radius 2 is 2.29 bits per heavy atom. The van der Waals surface area contributed by atoms with Crippen LogP contribution < -0.4 is 10.6 Å². The molecule has 114 valence electrons. The summed E-state index contributed by atoms with van der Waals surface area (Å²) in [6, 6.07) is 6.11. The molecule has 1 saturated heterocycles. The summed E-state index contributed by atoms with van der Waals surface area (Å²) in [7, 11) is 0. The minimum Gasteiger partial charge on any atom is -0.351 e. The van der Waals surface area contributed by atoms with Crippen molar-refractivity contribution >= 4 is 11.6 Å². The summed E-state index contributed by atoms with van der Waals surface area (Å²) in [6.07, 6.45) is 2.08. The van der Waals surface area contributed by atoms with Gasteiger partial charge in [-0.25, -0.2) is 0 Å². The molecule has 1 fully saturated rings. The Bertz CT molecular complexity index is 543. The standard InChI is InChI=1S/C15H21N3O3/c1-15(2)7-4-8-16-13(15)14(19)17-10-11-5-3-6-12(9-11)18(20)21/h3,5-6,9,13,16H,4,7-8,10H2,1-2H3,(H,17,19). The predicted octanol–water partition coefficient (Wildman–Crippen LogP) is 1.99. The quantitative estimate of drug-likeness (QED) is 0.656. The maximum Gasteiger partial charge on any atom is 0.269 e. The van der Waals surface area contributed by atoms with Crippen LogP contribution in [0.4, 0.5) is 5.69 Å². The number of hydrogen-bond donors (Lipinski definition) is 2. The number of piperidine rings is 1. The Kier molecular flexibility index (Phi) is 4.57. The highest BCUT2D eigenvalue weighted by molar-refractivity contribution is 5.82. The summed E-state index contributed by atoms with van der Waals surface area (Å²) in [5.74, 6) is -0.0498. The van der Waals surface area contributed by atoms with Crippen LogP contribution in [0.5, 0.6) is 0 Å². The van der Waals surface area contributed by atoms with E-state index in [0.29, 0.717) is 6.54 Å². The number of nitrogens with zero attached hydrogens (tertiary/aromatic N) is 1. The fraction of sp³-hybridized carbons (Fsp3) is 0.533. The molecule has 21 heavy (non-hydrogen) atoms. The van der Waals surface area contributed by atoms with Crippen LogP contribution in [0.25, 0.3) is 0 Å². The van der Waals surface area contributed by atoms with Gasteiger partial charge in [-0.3, -0.25) is 14.9 Å². The lowest BCUT2D eigenvalue weighted by molar-refractivity contribution is -0.384. The number of amides is 1. The molecular weight excluding hydrogens is 270 g/mol. The number of nitro groups is 1. The summed E-state index contributed by atoms with van der Waals surface area (Å²) >= 11 is 0. The predicted molar refractivity (Wildman–Crippen MR) is 79.7 cm³/mol. The van der Waals surface area contributed by atoms with E-state index in [1.54, 1.807) is 12.1 Å². The van der Waals surface area contributed by atoms with E-state index in [4.69, 9.17) is 0 Å². The first kappa shape index (κ1) is 15.4. The van der Waals surface area contributed by atoms with Crippen LogP contribution in [0.2, 0.25) is 0 Å². The summed E-state index contributed by atoms with van der Waals surface area (Å²) in [6.45, 7) is 5.31. The van der Waals surface area contributed by atoms with E-state index in [0.717, 1.165) is 24.9 Å². The first-order valence-corrected chi connectivity index (χ1v) is 7.14. The average Bonchev–Trinajstić information content (AvgIpc) is 2.44. The molecule has 0 aliphatic carbocycles. The third kappa shape index (κ3) is 3.78. The van der Waals surface area contributed by atoms with Gasteiger partial charge in [-0.05, 0) is 30.4 Å². The first-order chi connectivity index (χ1) is 9.90. The van der Waals surface area contributed by atoms with Gasteiger partial charge < -0.3 is 10.6 Å². The van der Waals surface area contributed by atoms with Crippen molar-refractivity contribution in [2.24, 2.45) is 5.41 Å². The normalized spacial score (nSPS) is 20.8. The minimum absolute atomic E-state index is 0.0397. The van der Waals surface area contributed by atoms with Crippen LogP contribution in [0, 0.1) is 15.5 Å². The number of carbonyl (C=O) groups is 1. The van der Waals surface area contributed by atoms with Crippen molar-refractivity contribution in [3.8, 4) is 0 Å². The monoisotopic (exact) mass is 291 g/mol. The first-order valence-electron chi connectivity index (χ1n) is 7.14. The van der Waals surface area contributed by atoms with Crippen molar-refractivity contribution < 1.29 is 9.72 Å². The van der Waals surface area contributed by atoms with Crippen LogP contribution in [-0.2, 0) is 11.3 Å². The van der Waals surface area contributed by atoms with Gasteiger partial charge in [-0.2, -0.15) is 0 Å². The molecule has 1 aromatic carbocycles. The zero-order valence-corrected chi connectivity index (χ0v) is 12.4. The summed E-state index contributed by atoms with van der Waals surface area (Å²) in [4.78, 5) is 22.6. The number of hydrogen-bond acceptors (Lipinski definition) is 4. The Morgan fingerprint density at radius 1 is 1.52 bits per heavy atom. The number of nitro benzene ring substituents is 1. The van der Waals surface area contributed by atoms with Crippen molar-refractivity contribution in [1.82, 2.24) is 10.6 Å². The number of non-ortho nitro benzene ring substituents is 1. The van der Waals surface area contributed by atoms with Gasteiger partial charge in [0, 0.05) is 18.7 Å². The lowest BCUT2D eigenvalue weighted by atomic mass is 9.77. The van der Waals surface area contributed by atoms with E-state index in [-0.39, 0.29) is 23.1 Å². The van der Waals surface area contributed by atoms with Crippen LogP contribution in [0.1, 0.15) is 32.3 Å². The van der Waals surface area contributed by atoms with E-state index in [1.807, 2.05) is 0 Å². The zero-order chi connectivity index (χ0) is 15.5. The molecule has 6 heteroatoms. The fourth-order valence-corrected chi connectivity index (χ4v) is 2.73. The molecular formula is C15H21N3O3. The van der Waals surface area contributed by atoms with Gasteiger partial charge in [0.25, 0.3) is 5.69 Å². The van der Waals surface area contributed by atoms with Crippen molar-refractivity contribution in [3.63, 3.8) is 0 Å². The highest BCUT2D eigenvalue weighted by atomic mass is 16.6. The van der Waals surface area contributed by atoms with Crippen molar-refractivity contribution in [1.29, 1.82) is 0 Å². The topological polar surface area (TPSA) is 84.3 Å². The maximum absolute atomic E-state index is 12.3. The molecule has 1 aliphatic rings. The number of rotatable bonds is 4. The molecule has 2 N–H and O–H groups in total. The lowest BCUT2D eigenvalue weighted by Crippen LogP contribution is -2.55. The molecule has 0 aromatic heterocycles. The highest BCUT2D eigenvalue weighted by Gasteiger charge is 2.36. The molecule has 0 spiro atoms. The second kappa shape index (κ2) is 6.22. The highest BCUT2D eigenvalue weighted by Crippen LogP contribution is 2.30. The largest absolute Gasteiger partial charge is 0.351 e. The molecule has 1 aromatic rings. The lowest BCUT2D eigenvalue weighted by Gasteiger charge is -2.38. The van der Waals surface area contributed by atoms with Gasteiger partial charge in [0.05, 0.1) is 11.0 Å². The third-order valence-corrected chi connectivity index (χ3v) is 3.98. The Balaban J connectivity index is 1.97. The number of benzene rings is 1. The summed E-state index contributed by atoms with van der Waals surface area (Å²) in [5.41, 5.74) is 0.689. The Morgan fingerprint density at radius 3 is 2.95 bits per heavy atom. The van der Waals surface area contributed by atoms with E-state index in [2.05, 4.69) is 24.5 Å². The van der Waals surface area contributed by atoms with Gasteiger partial charge in [0.15, 0.2) is 0 Å². The SMILES string of the molecule is CC1(C)CCCNC1C(=O)NCc1cccc([N+](=O)[O-])c1. The van der Waals surface area contributed by atoms with Gasteiger partial charge in [0.2, 0.25) is 5.91 Å². The van der Waals surface area contributed by atoms with E-state index in [1.165, 1.54) is 12.1 Å². The van der Waals surface area contributed by atoms with Crippen LogP contribution in [-0.4, -0.2) is 23.4 Å². The van der Waals surface area contributed by atoms with Gasteiger partial charge in [0.1, 0.15) is 0 Å². The zero-order valence-electron chi connectivity index (χ0n) is 12.4. The molecule has 0 saturated carbocycles. The van der Waals surface area contributed by atoms with Crippen LogP contribution in [0.3, 0.4) is 0 Å². The van der Waals surface area contributed by atoms with E-state index < -0.39 is 4.92 Å².